The van der Waals surface area contributed by atoms with Crippen LogP contribution in [0.15, 0.2) is 83.0 Å². The zero-order valence-corrected chi connectivity index (χ0v) is 19.2. The summed E-state index contributed by atoms with van der Waals surface area (Å²) in [6.07, 6.45) is 14.0. The Morgan fingerprint density at radius 2 is 1.87 bits per heavy atom. The van der Waals surface area contributed by atoms with Crippen LogP contribution in [0.1, 0.15) is 58.9 Å². The van der Waals surface area contributed by atoms with Crippen molar-refractivity contribution in [3.05, 3.63) is 88.6 Å². The van der Waals surface area contributed by atoms with Crippen molar-refractivity contribution < 1.29 is 9.53 Å². The van der Waals surface area contributed by atoms with Gasteiger partial charge in [-0.1, -0.05) is 73.6 Å². The lowest BCUT2D eigenvalue weighted by atomic mass is 9.67. The van der Waals surface area contributed by atoms with Crippen LogP contribution in [0.4, 0.5) is 0 Å². The Kier molecular flexibility index (Phi) is 8.05. The number of allylic oxidation sites excluding steroid dienone is 9. The van der Waals surface area contributed by atoms with E-state index in [1.165, 1.54) is 22.8 Å². The molecule has 1 amide bonds. The second-order valence-corrected chi connectivity index (χ2v) is 8.71. The van der Waals surface area contributed by atoms with Gasteiger partial charge in [-0.2, -0.15) is 0 Å². The molecule has 0 bridgehead atoms. The minimum absolute atomic E-state index is 0.135. The molecular weight excluding hydrogens is 370 g/mol. The number of methoxy groups -OCH3 is 1. The van der Waals surface area contributed by atoms with E-state index in [1.54, 1.807) is 7.11 Å². The monoisotopic (exact) mass is 405 g/mol. The van der Waals surface area contributed by atoms with Gasteiger partial charge in [0.25, 0.3) is 0 Å². The van der Waals surface area contributed by atoms with Crippen LogP contribution in [0.25, 0.3) is 0 Å². The maximum absolute atomic E-state index is 10.9. The Morgan fingerprint density at radius 3 is 2.53 bits per heavy atom. The summed E-state index contributed by atoms with van der Waals surface area (Å²) < 4.78 is 5.63. The van der Waals surface area contributed by atoms with Crippen LogP contribution in [0.5, 0.6) is 5.75 Å². The molecule has 2 rings (SSSR count). The van der Waals surface area contributed by atoms with Crippen molar-refractivity contribution in [2.24, 2.45) is 11.1 Å². The maximum Gasteiger partial charge on any atom is 0.241 e. The Hall–Kier alpha value is -2.81. The van der Waals surface area contributed by atoms with Crippen LogP contribution in [-0.2, 0) is 4.79 Å². The molecule has 1 aliphatic carbocycles. The third-order valence-corrected chi connectivity index (χ3v) is 5.85. The molecule has 0 spiro atoms. The molecule has 2 N–H and O–H groups in total. The number of primary amides is 1. The van der Waals surface area contributed by atoms with Gasteiger partial charge in [0, 0.05) is 17.6 Å². The predicted molar refractivity (Wildman–Crippen MR) is 126 cm³/mol. The molecule has 3 nitrogen and oxygen atoms in total. The van der Waals surface area contributed by atoms with Crippen molar-refractivity contribution in [2.75, 3.05) is 7.11 Å². The molecule has 3 heteroatoms. The first-order chi connectivity index (χ1) is 14.2. The molecule has 1 aliphatic rings. The number of hydrogen-bond acceptors (Lipinski definition) is 2. The van der Waals surface area contributed by atoms with Gasteiger partial charge in [-0.05, 0) is 56.2 Å². The van der Waals surface area contributed by atoms with E-state index >= 15 is 0 Å². The van der Waals surface area contributed by atoms with Crippen LogP contribution in [0.2, 0.25) is 0 Å². The Bertz CT molecular complexity index is 926. The summed E-state index contributed by atoms with van der Waals surface area (Å²) in [5.41, 5.74) is 11.4. The molecule has 0 saturated heterocycles. The number of carbonyl (C=O) groups is 1. The number of hydrogen-bond donors (Lipinski definition) is 1. The average molecular weight is 406 g/mol. The molecule has 1 atom stereocenters. The van der Waals surface area contributed by atoms with Crippen molar-refractivity contribution >= 4 is 5.91 Å². The topological polar surface area (TPSA) is 52.3 Å². The molecule has 0 radical (unpaired) electrons. The molecule has 0 fully saturated rings. The fraction of sp³-hybridized carbons (Fsp3) is 0.370. The van der Waals surface area contributed by atoms with Gasteiger partial charge in [0.05, 0.1) is 7.11 Å². The molecule has 1 unspecified atom stereocenters. The van der Waals surface area contributed by atoms with Crippen LogP contribution in [0.3, 0.4) is 0 Å². The highest BCUT2D eigenvalue weighted by Crippen LogP contribution is 2.48. The zero-order valence-electron chi connectivity index (χ0n) is 19.2. The van der Waals surface area contributed by atoms with E-state index in [0.29, 0.717) is 5.92 Å². The maximum atomic E-state index is 10.9. The Morgan fingerprint density at radius 1 is 1.17 bits per heavy atom. The second-order valence-electron chi connectivity index (χ2n) is 8.71. The third-order valence-electron chi connectivity index (χ3n) is 5.85. The summed E-state index contributed by atoms with van der Waals surface area (Å²) in [6, 6.07) is 8.35. The molecule has 0 aliphatic heterocycles. The van der Waals surface area contributed by atoms with E-state index in [9.17, 15) is 4.79 Å². The van der Waals surface area contributed by atoms with E-state index in [1.807, 2.05) is 37.3 Å². The van der Waals surface area contributed by atoms with Gasteiger partial charge < -0.3 is 10.5 Å². The summed E-state index contributed by atoms with van der Waals surface area (Å²) in [5.74, 6) is 0.911. The molecule has 1 aromatic rings. The number of rotatable bonds is 7. The molecule has 0 aromatic heterocycles. The molecule has 30 heavy (non-hydrogen) atoms. The number of carbonyl (C=O) groups excluding carboxylic acids is 1. The van der Waals surface area contributed by atoms with Gasteiger partial charge in [-0.3, -0.25) is 4.79 Å². The van der Waals surface area contributed by atoms with Crippen LogP contribution in [-0.4, -0.2) is 13.0 Å². The van der Waals surface area contributed by atoms with Gasteiger partial charge in [-0.15, -0.1) is 0 Å². The number of para-hydroxylation sites is 1. The second kappa shape index (κ2) is 10.3. The average Bonchev–Trinajstić information content (AvgIpc) is 2.67. The third kappa shape index (κ3) is 6.09. The van der Waals surface area contributed by atoms with E-state index in [-0.39, 0.29) is 5.41 Å². The minimum atomic E-state index is -0.427. The lowest BCUT2D eigenvalue weighted by Crippen LogP contribution is -2.23. The van der Waals surface area contributed by atoms with E-state index in [4.69, 9.17) is 10.5 Å². The van der Waals surface area contributed by atoms with Gasteiger partial charge >= 0.3 is 0 Å². The highest BCUT2D eigenvalue weighted by molar-refractivity contribution is 5.86. The number of amides is 1. The molecule has 160 valence electrons. The molecule has 0 saturated carbocycles. The minimum Gasteiger partial charge on any atom is -0.496 e. The standard InChI is InChI=1S/C27H35NO2/c1-19(10-9-11-20(2)18-26(28)29)14-15-24-21(3)22(16-17-27(24,4)5)23-12-7-8-13-25(23)30-6/h7-15,18,22H,16-17H2,1-6H3,(H2,28,29). The van der Waals surface area contributed by atoms with Crippen LogP contribution >= 0.6 is 0 Å². The summed E-state index contributed by atoms with van der Waals surface area (Å²) in [6.45, 7) is 10.8. The van der Waals surface area contributed by atoms with Crippen molar-refractivity contribution in [2.45, 2.75) is 53.4 Å². The highest BCUT2D eigenvalue weighted by Gasteiger charge is 2.33. The van der Waals surface area contributed by atoms with Gasteiger partial charge in [-0.25, -0.2) is 0 Å². The fourth-order valence-electron chi connectivity index (χ4n) is 4.17. The quantitative estimate of drug-likeness (QED) is 0.421. The van der Waals surface area contributed by atoms with Gasteiger partial charge in [0.15, 0.2) is 0 Å². The predicted octanol–water partition coefficient (Wildman–Crippen LogP) is 6.41. The summed E-state index contributed by atoms with van der Waals surface area (Å²) in [5, 5.41) is 0. The van der Waals surface area contributed by atoms with Crippen molar-refractivity contribution in [3.63, 3.8) is 0 Å². The van der Waals surface area contributed by atoms with Crippen LogP contribution in [0, 0.1) is 5.41 Å². The highest BCUT2D eigenvalue weighted by atomic mass is 16.5. The van der Waals surface area contributed by atoms with Crippen molar-refractivity contribution in [1.29, 1.82) is 0 Å². The largest absolute Gasteiger partial charge is 0.496 e. The SMILES string of the molecule is COc1ccccc1C1CCC(C)(C)C(C=CC(C)=CC=CC(C)=CC(N)=O)=C1C. The first-order valence-corrected chi connectivity index (χ1v) is 10.5. The van der Waals surface area contributed by atoms with Crippen LogP contribution < -0.4 is 10.5 Å². The number of nitrogens with two attached hydrogens (primary N) is 1. The zero-order chi connectivity index (χ0) is 22.3. The van der Waals surface area contributed by atoms with Gasteiger partial charge in [0.1, 0.15) is 5.75 Å². The lowest BCUT2D eigenvalue weighted by molar-refractivity contribution is -0.113. The summed E-state index contributed by atoms with van der Waals surface area (Å²) >= 11 is 0. The lowest BCUT2D eigenvalue weighted by Gasteiger charge is -2.38. The molecule has 1 aromatic carbocycles. The van der Waals surface area contributed by atoms with E-state index in [2.05, 4.69) is 52.0 Å². The summed E-state index contributed by atoms with van der Waals surface area (Å²) in [4.78, 5) is 10.9. The normalized spacial score (nSPS) is 20.3. The van der Waals surface area contributed by atoms with Gasteiger partial charge in [0.2, 0.25) is 5.91 Å². The van der Waals surface area contributed by atoms with E-state index < -0.39 is 5.91 Å². The Labute approximate surface area is 181 Å². The first kappa shape index (κ1) is 23.5. The first-order valence-electron chi connectivity index (χ1n) is 10.5. The van der Waals surface area contributed by atoms with E-state index in [0.717, 1.165) is 29.7 Å². The van der Waals surface area contributed by atoms with Crippen molar-refractivity contribution in [1.82, 2.24) is 0 Å². The smallest absolute Gasteiger partial charge is 0.241 e. The Balaban J connectivity index is 2.31. The molecule has 0 heterocycles. The number of ether oxygens (including phenoxy) is 1. The van der Waals surface area contributed by atoms with Crippen molar-refractivity contribution in [3.8, 4) is 5.75 Å². The molecular formula is C27H35NO2. The fourth-order valence-corrected chi connectivity index (χ4v) is 4.17. The number of benzene rings is 1. The summed E-state index contributed by atoms with van der Waals surface area (Å²) in [7, 11) is 1.74.